The molecule has 6 saturated carbocycles. The fourth-order valence-electron chi connectivity index (χ4n) is 14.8. The summed E-state index contributed by atoms with van der Waals surface area (Å²) in [6.45, 7) is 11.5. The Morgan fingerprint density at radius 1 is 0.731 bits per heavy atom. The largest absolute Gasteiger partial charge is 0.508 e. The Morgan fingerprint density at radius 2 is 1.39 bits per heavy atom. The van der Waals surface area contributed by atoms with E-state index in [1.807, 2.05) is 24.3 Å². The molecule has 0 spiro atoms. The number of hydrogen-bond donors (Lipinski definition) is 5. The van der Waals surface area contributed by atoms with Crippen molar-refractivity contribution in [1.29, 1.82) is 0 Å². The van der Waals surface area contributed by atoms with Crippen molar-refractivity contribution in [3.63, 3.8) is 0 Å². The van der Waals surface area contributed by atoms with E-state index in [0.29, 0.717) is 59.2 Å². The summed E-state index contributed by atoms with van der Waals surface area (Å²) in [7, 11) is -3.67. The third kappa shape index (κ3) is 10.4. The summed E-state index contributed by atoms with van der Waals surface area (Å²) in [6.07, 6.45) is 17.2. The molecule has 12 heteroatoms. The average molecular weight is 938 g/mol. The van der Waals surface area contributed by atoms with Gasteiger partial charge in [-0.1, -0.05) is 50.6 Å². The Kier molecular flexibility index (Phi) is 14.4. The number of Topliss-reactive ketones (excluding diaryl/α,β-unsaturated/α-hetero) is 2. The second-order valence-electron chi connectivity index (χ2n) is 22.1. The van der Waals surface area contributed by atoms with Crippen molar-refractivity contribution in [2.24, 2.45) is 56.7 Å². The zero-order valence-electron chi connectivity index (χ0n) is 40.4. The minimum atomic E-state index is -3.67. The van der Waals surface area contributed by atoms with Gasteiger partial charge in [-0.25, -0.2) is 0 Å². The fourth-order valence-corrected chi connectivity index (χ4v) is 14.8. The minimum Gasteiger partial charge on any atom is -0.508 e. The van der Waals surface area contributed by atoms with Gasteiger partial charge in [-0.15, -0.1) is 0 Å². The maximum Gasteiger partial charge on any atom is 0.261 e. The Hall–Kier alpha value is -4.26. The molecule has 6 fully saturated rings. The van der Waals surface area contributed by atoms with Crippen LogP contribution in [0.1, 0.15) is 133 Å². The molecule has 3 aromatic rings. The van der Waals surface area contributed by atoms with Crippen LogP contribution in [-0.4, -0.2) is 77.7 Å². The number of nitrogens with one attached hydrogen (secondary N) is 1. The fraction of sp³-hybridized carbons (Fsp3) is 0.618. The van der Waals surface area contributed by atoms with Crippen molar-refractivity contribution >= 4 is 38.9 Å². The summed E-state index contributed by atoms with van der Waals surface area (Å²) in [6, 6.07) is 21.6. The highest BCUT2D eigenvalue weighted by Gasteiger charge is 2.60. The van der Waals surface area contributed by atoms with E-state index in [-0.39, 0.29) is 22.7 Å². The highest BCUT2D eigenvalue weighted by atomic mass is 32.2. The van der Waals surface area contributed by atoms with Crippen molar-refractivity contribution in [3.05, 3.63) is 83.4 Å². The highest BCUT2D eigenvalue weighted by Crippen LogP contribution is 2.65. The molecular formula is C55H75N3O8S. The van der Waals surface area contributed by atoms with Crippen molar-refractivity contribution in [2.75, 3.05) is 30.8 Å². The van der Waals surface area contributed by atoms with Crippen molar-refractivity contribution in [2.45, 2.75) is 136 Å². The van der Waals surface area contributed by atoms with Crippen molar-refractivity contribution in [1.82, 2.24) is 5.32 Å². The predicted molar refractivity (Wildman–Crippen MR) is 265 cm³/mol. The summed E-state index contributed by atoms with van der Waals surface area (Å²) in [5.74, 6) is 7.58. The summed E-state index contributed by atoms with van der Waals surface area (Å²) in [5.41, 5.74) is 6.46. The van der Waals surface area contributed by atoms with E-state index in [2.05, 4.69) is 73.2 Å². The lowest BCUT2D eigenvalue weighted by Gasteiger charge is -2.60. The molecule has 0 bridgehead atoms. The minimum absolute atomic E-state index is 0.0124. The lowest BCUT2D eigenvalue weighted by Crippen LogP contribution is -2.54. The zero-order valence-corrected chi connectivity index (χ0v) is 41.2. The molecule has 0 saturated heterocycles. The van der Waals surface area contributed by atoms with Gasteiger partial charge in [-0.3, -0.25) is 19.1 Å². The van der Waals surface area contributed by atoms with E-state index in [9.17, 15) is 33.3 Å². The average Bonchev–Trinajstić information content (AvgIpc) is 4.00. The van der Waals surface area contributed by atoms with Crippen LogP contribution in [0.2, 0.25) is 0 Å². The lowest BCUT2D eigenvalue weighted by molar-refractivity contribution is -0.142. The SMILES string of the molecule is CS(=O)(=O)O.C[C@]12CC[C@@H](O)C[C@@H]1CC[C@@H]1[C@@H]2CC[C@]2(C)C(=O)CC[C@@H]12.C[C@]12CC[C@@H]3c4ccc(O)cc4CC[C@H]3[C@@H]1CCC2=O.Cc1ccc(N(CC2=NCCN2)c2cccc(O)c2)cc1. The number of ketones is 2. The molecule has 5 N–H and O–H groups in total. The van der Waals surface area contributed by atoms with Gasteiger partial charge >= 0.3 is 0 Å². The molecule has 11 atom stereocenters. The second-order valence-corrected chi connectivity index (χ2v) is 23.6. The normalized spacial score (nSPS) is 34.5. The highest BCUT2D eigenvalue weighted by molar-refractivity contribution is 7.85. The van der Waals surface area contributed by atoms with E-state index in [1.165, 1.54) is 48.8 Å². The first-order chi connectivity index (χ1) is 31.8. The van der Waals surface area contributed by atoms with Gasteiger partial charge in [0.2, 0.25) is 0 Å². The van der Waals surface area contributed by atoms with E-state index in [1.54, 1.807) is 12.1 Å². The van der Waals surface area contributed by atoms with Crippen LogP contribution in [0.4, 0.5) is 11.4 Å². The molecule has 364 valence electrons. The number of nitrogens with zero attached hydrogens (tertiary/aromatic N) is 2. The van der Waals surface area contributed by atoms with Gasteiger partial charge in [-0.2, -0.15) is 8.42 Å². The number of rotatable bonds is 4. The zero-order chi connectivity index (χ0) is 47.9. The second kappa shape index (κ2) is 19.6. The van der Waals surface area contributed by atoms with Crippen LogP contribution < -0.4 is 10.2 Å². The molecule has 0 radical (unpaired) electrons. The topological polar surface area (TPSA) is 177 Å². The van der Waals surface area contributed by atoms with Crippen molar-refractivity contribution < 1.29 is 37.9 Å². The number of carbonyl (C=O) groups excluding carboxylic acids is 2. The van der Waals surface area contributed by atoms with Gasteiger partial charge in [-0.05, 0) is 185 Å². The Labute approximate surface area is 399 Å². The number of fused-ring (bicyclic) bond motifs is 10. The van der Waals surface area contributed by atoms with Crippen LogP contribution in [0.25, 0.3) is 0 Å². The van der Waals surface area contributed by atoms with Crippen LogP contribution in [0, 0.1) is 58.7 Å². The number of aliphatic hydroxyl groups is 1. The summed E-state index contributed by atoms with van der Waals surface area (Å²) in [5, 5.41) is 32.7. The van der Waals surface area contributed by atoms with Crippen molar-refractivity contribution in [3.8, 4) is 11.5 Å². The van der Waals surface area contributed by atoms with E-state index < -0.39 is 10.1 Å². The van der Waals surface area contributed by atoms with Crippen LogP contribution in [0.5, 0.6) is 11.5 Å². The predicted octanol–water partition coefficient (Wildman–Crippen LogP) is 10.1. The number of anilines is 2. The molecule has 1 aliphatic heterocycles. The molecule has 67 heavy (non-hydrogen) atoms. The summed E-state index contributed by atoms with van der Waals surface area (Å²) in [4.78, 5) is 31.3. The molecule has 0 amide bonds. The number of aliphatic imine (C=N–C) groups is 1. The molecule has 11 nitrogen and oxygen atoms in total. The van der Waals surface area contributed by atoms with Gasteiger partial charge < -0.3 is 25.5 Å². The lowest BCUT2D eigenvalue weighted by atomic mass is 9.45. The monoisotopic (exact) mass is 938 g/mol. The van der Waals surface area contributed by atoms with Gasteiger partial charge in [0.25, 0.3) is 10.1 Å². The third-order valence-electron chi connectivity index (χ3n) is 18.3. The number of aromatic hydroxyl groups is 2. The number of aryl methyl sites for hydroxylation is 2. The van der Waals surface area contributed by atoms with Crippen LogP contribution in [-0.2, 0) is 26.1 Å². The maximum absolute atomic E-state index is 12.4. The smallest absolute Gasteiger partial charge is 0.261 e. The van der Waals surface area contributed by atoms with Crippen LogP contribution in [0.3, 0.4) is 0 Å². The first kappa shape index (κ1) is 49.2. The molecule has 8 aliphatic rings. The molecule has 0 aromatic heterocycles. The molecule has 7 aliphatic carbocycles. The van der Waals surface area contributed by atoms with Crippen LogP contribution in [0.15, 0.2) is 71.7 Å². The molecule has 11 rings (SSSR count). The third-order valence-corrected chi connectivity index (χ3v) is 18.3. The number of carbonyl (C=O) groups is 2. The Balaban J connectivity index is 0.000000130. The first-order valence-corrected chi connectivity index (χ1v) is 27.0. The number of phenols is 2. The van der Waals surface area contributed by atoms with Gasteiger partial charge in [0.1, 0.15) is 28.9 Å². The summed E-state index contributed by atoms with van der Waals surface area (Å²) >= 11 is 0. The van der Waals surface area contributed by atoms with Gasteiger partial charge in [0.05, 0.1) is 25.4 Å². The molecule has 1 heterocycles. The van der Waals surface area contributed by atoms with E-state index >= 15 is 0 Å². The summed E-state index contributed by atoms with van der Waals surface area (Å²) < 4.78 is 25.9. The number of amidine groups is 1. The number of benzene rings is 3. The first-order valence-electron chi connectivity index (χ1n) is 25.2. The molecular weight excluding hydrogens is 863 g/mol. The van der Waals surface area contributed by atoms with Crippen LogP contribution >= 0.6 is 0 Å². The molecule has 3 aromatic carbocycles. The number of aliphatic hydroxyl groups excluding tert-OH is 1. The van der Waals surface area contributed by atoms with E-state index in [0.717, 1.165) is 112 Å². The quantitative estimate of drug-likeness (QED) is 0.158. The number of phenolic OH excluding ortho intramolecular Hbond substituents is 2. The van der Waals surface area contributed by atoms with Gasteiger partial charge in [0.15, 0.2) is 0 Å². The standard InChI is InChI=1S/C19H30O2.C18H22O2.C17H19N3O.CH4O3S/c1-18-9-7-13(20)11-12(18)3-4-14-15-5-6-17(21)19(15,2)10-8-16(14)18;1-18-9-8-14-13-5-3-12(19)10-11(13)2-4-15(14)16(18)6-7-17(18)20;1-13-5-7-14(8-6-13)20(12-17-18-9-10-19-17)15-3-2-4-16(21)11-15;1-5(2,3)4/h12-16,20H,3-11H2,1-2H3;3,5,10,14-16,19H,2,4,6-9H2,1H3;2-8,11,21H,9-10,12H2,1H3,(H,18,19);1H3,(H,2,3,4)/t12-,13+,14-,15-,16-,18-,19-;14-,15-,16+,18+;;/m01../s1. The van der Waals surface area contributed by atoms with Gasteiger partial charge in [0, 0.05) is 47.7 Å². The van der Waals surface area contributed by atoms with E-state index in [4.69, 9.17) is 4.55 Å². The Bertz CT molecular complexity index is 2410. The number of hydrogen-bond acceptors (Lipinski definition) is 10. The molecule has 0 unspecified atom stereocenters. The maximum atomic E-state index is 12.4. The Morgan fingerprint density at radius 3 is 2.04 bits per heavy atom.